The van der Waals surface area contributed by atoms with Crippen LogP contribution < -0.4 is 5.43 Å². The van der Waals surface area contributed by atoms with E-state index in [0.29, 0.717) is 0 Å². The summed E-state index contributed by atoms with van der Waals surface area (Å²) >= 11 is 22.0. The quantitative estimate of drug-likeness (QED) is 0.499. The highest BCUT2D eigenvalue weighted by atomic mass is 35.6. The first-order valence-electron chi connectivity index (χ1n) is 2.31. The van der Waals surface area contributed by atoms with Crippen molar-refractivity contribution in [2.75, 3.05) is 0 Å². The Hall–Kier alpha value is 0.430. The van der Waals surface area contributed by atoms with Gasteiger partial charge in [0.05, 0.1) is 0 Å². The summed E-state index contributed by atoms with van der Waals surface area (Å²) in [5, 5.41) is 3.58. The molecule has 0 amide bonds. The van der Waals surface area contributed by atoms with E-state index in [1.165, 1.54) is 6.34 Å². The summed E-state index contributed by atoms with van der Waals surface area (Å²) in [6.07, 6.45) is 0.729. The first-order chi connectivity index (χ1) is 4.52. The second kappa shape index (κ2) is 2.81. The predicted octanol–water partition coefficient (Wildman–Crippen LogP) is 1.68. The molecule has 0 aromatic rings. The molecule has 0 spiro atoms. The lowest BCUT2D eigenvalue weighted by atomic mass is 10.6. The van der Waals surface area contributed by atoms with Gasteiger partial charge in [-0.2, -0.15) is 5.10 Å². The van der Waals surface area contributed by atoms with E-state index in [4.69, 9.17) is 46.6 Å². The average molecular weight is 223 g/mol. The molecule has 1 N–H and O–H groups in total. The lowest BCUT2D eigenvalue weighted by Gasteiger charge is -2.23. The predicted molar refractivity (Wildman–Crippen MR) is 43.4 cm³/mol. The largest absolute Gasteiger partial charge is 0.281 e. The monoisotopic (exact) mass is 221 g/mol. The fraction of sp³-hybridized carbons (Fsp3) is 0.667. The van der Waals surface area contributed by atoms with Gasteiger partial charge in [-0.15, -0.1) is 0 Å². The van der Waals surface area contributed by atoms with Crippen LogP contribution in [0.4, 0.5) is 0 Å². The van der Waals surface area contributed by atoms with Crippen molar-refractivity contribution in [3.63, 3.8) is 0 Å². The number of halogens is 4. The number of hydrogen-bond acceptors (Lipinski definition) is 3. The van der Waals surface area contributed by atoms with E-state index in [0.717, 1.165) is 4.42 Å². The third-order valence-electron chi connectivity index (χ3n) is 0.922. The maximum atomic E-state index is 5.53. The summed E-state index contributed by atoms with van der Waals surface area (Å²) in [4.78, 5) is 0. The minimum absolute atomic E-state index is 0.598. The fourth-order valence-electron chi connectivity index (χ4n) is 0.494. The number of nitrogens with zero attached hydrogens (tertiary/aromatic N) is 2. The second-order valence-corrected chi connectivity index (χ2v) is 4.42. The topological polar surface area (TPSA) is 27.6 Å². The van der Waals surface area contributed by atoms with Crippen LogP contribution in [0.5, 0.6) is 0 Å². The van der Waals surface area contributed by atoms with Crippen LogP contribution in [0.1, 0.15) is 0 Å². The summed E-state index contributed by atoms with van der Waals surface area (Å²) in [5.41, 5.74) is 2.51. The van der Waals surface area contributed by atoms with E-state index in [2.05, 4.69) is 10.5 Å². The SMILES string of the molecule is ClN1C=NNC1C(Cl)(Cl)Cl. The molecule has 7 heteroatoms. The third kappa shape index (κ3) is 1.72. The van der Waals surface area contributed by atoms with Crippen molar-refractivity contribution in [1.29, 1.82) is 0 Å². The molecule has 0 bridgehead atoms. The Morgan fingerprint density at radius 2 is 2.10 bits per heavy atom. The van der Waals surface area contributed by atoms with E-state index < -0.39 is 9.96 Å². The van der Waals surface area contributed by atoms with Gasteiger partial charge in [0.25, 0.3) is 0 Å². The van der Waals surface area contributed by atoms with Gasteiger partial charge in [-0.05, 0) is 0 Å². The maximum absolute atomic E-state index is 5.53. The van der Waals surface area contributed by atoms with Crippen LogP contribution in [0.25, 0.3) is 0 Å². The number of hydrogen-bond donors (Lipinski definition) is 1. The molecule has 1 rings (SSSR count). The zero-order chi connectivity index (χ0) is 7.78. The molecule has 10 heavy (non-hydrogen) atoms. The van der Waals surface area contributed by atoms with Gasteiger partial charge in [0.1, 0.15) is 6.34 Å². The summed E-state index contributed by atoms with van der Waals surface area (Å²) in [6.45, 7) is 0. The van der Waals surface area contributed by atoms with Crippen molar-refractivity contribution in [2.45, 2.75) is 9.96 Å². The molecular formula is C3H3Cl4N3. The van der Waals surface area contributed by atoms with Gasteiger partial charge in [0.15, 0.2) is 6.17 Å². The Labute approximate surface area is 78.0 Å². The van der Waals surface area contributed by atoms with E-state index in [1.54, 1.807) is 0 Å². The van der Waals surface area contributed by atoms with Gasteiger partial charge in [0.2, 0.25) is 3.79 Å². The molecule has 1 heterocycles. The standard InChI is InChI=1S/C3H3Cl4N3/c4-3(5,6)2-9-8-1-10(2)7/h1-2,9H. The lowest BCUT2D eigenvalue weighted by molar-refractivity contribution is 0.439. The number of alkyl halides is 3. The van der Waals surface area contributed by atoms with Crippen LogP contribution in [0, 0.1) is 0 Å². The molecule has 0 saturated heterocycles. The van der Waals surface area contributed by atoms with E-state index >= 15 is 0 Å². The molecular weight excluding hydrogens is 220 g/mol. The molecule has 58 valence electrons. The van der Waals surface area contributed by atoms with Crippen LogP contribution >= 0.6 is 46.6 Å². The fourth-order valence-corrected chi connectivity index (χ4v) is 1.34. The first kappa shape index (κ1) is 8.53. The van der Waals surface area contributed by atoms with Crippen LogP contribution in [0.3, 0.4) is 0 Å². The molecule has 0 saturated carbocycles. The van der Waals surface area contributed by atoms with E-state index in [9.17, 15) is 0 Å². The molecule has 1 aliphatic heterocycles. The molecule has 1 unspecified atom stereocenters. The van der Waals surface area contributed by atoms with Crippen molar-refractivity contribution >= 4 is 52.9 Å². The van der Waals surface area contributed by atoms with Crippen molar-refractivity contribution in [3.8, 4) is 0 Å². The normalized spacial score (nSPS) is 25.2. The van der Waals surface area contributed by atoms with Crippen LogP contribution in [-0.4, -0.2) is 20.7 Å². The molecule has 0 aromatic carbocycles. The Morgan fingerprint density at radius 1 is 1.50 bits per heavy atom. The van der Waals surface area contributed by atoms with Gasteiger partial charge in [-0.1, -0.05) is 34.8 Å². The Balaban J connectivity index is 2.60. The van der Waals surface area contributed by atoms with Crippen molar-refractivity contribution in [1.82, 2.24) is 9.84 Å². The molecule has 1 aliphatic rings. The Bertz CT molecular complexity index is 152. The van der Waals surface area contributed by atoms with Gasteiger partial charge in [-0.3, -0.25) is 5.43 Å². The second-order valence-electron chi connectivity index (χ2n) is 1.66. The summed E-state index contributed by atoms with van der Waals surface area (Å²) in [5.74, 6) is 0. The smallest absolute Gasteiger partial charge is 0.231 e. The number of nitrogens with one attached hydrogen (secondary N) is 1. The lowest BCUT2D eigenvalue weighted by Crippen LogP contribution is -2.42. The van der Waals surface area contributed by atoms with Gasteiger partial charge in [-0.25, -0.2) is 4.42 Å². The zero-order valence-corrected chi connectivity index (χ0v) is 7.58. The van der Waals surface area contributed by atoms with Gasteiger partial charge < -0.3 is 0 Å². The highest BCUT2D eigenvalue weighted by Gasteiger charge is 2.38. The van der Waals surface area contributed by atoms with Gasteiger partial charge in [0, 0.05) is 11.8 Å². The molecule has 0 radical (unpaired) electrons. The average Bonchev–Trinajstić information content (AvgIpc) is 2.11. The van der Waals surface area contributed by atoms with E-state index in [1.807, 2.05) is 0 Å². The molecule has 0 aliphatic carbocycles. The zero-order valence-electron chi connectivity index (χ0n) is 4.56. The highest BCUT2D eigenvalue weighted by Crippen LogP contribution is 2.33. The van der Waals surface area contributed by atoms with Crippen LogP contribution in [0.2, 0.25) is 0 Å². The van der Waals surface area contributed by atoms with E-state index in [-0.39, 0.29) is 0 Å². The van der Waals surface area contributed by atoms with Crippen molar-refractivity contribution in [2.24, 2.45) is 5.10 Å². The molecule has 1 atom stereocenters. The molecule has 0 aromatic heterocycles. The van der Waals surface area contributed by atoms with Gasteiger partial charge >= 0.3 is 0 Å². The minimum Gasteiger partial charge on any atom is -0.281 e. The third-order valence-corrected chi connectivity index (χ3v) is 1.82. The summed E-state index contributed by atoms with van der Waals surface area (Å²) in [6, 6.07) is 0. The Kier molecular flexibility index (Phi) is 2.40. The summed E-state index contributed by atoms with van der Waals surface area (Å²) < 4.78 is -0.314. The minimum atomic E-state index is -1.47. The summed E-state index contributed by atoms with van der Waals surface area (Å²) in [7, 11) is 0. The first-order valence-corrected chi connectivity index (χ1v) is 3.78. The number of rotatable bonds is 0. The number of hydrazone groups is 1. The Morgan fingerprint density at radius 3 is 2.30 bits per heavy atom. The highest BCUT2D eigenvalue weighted by molar-refractivity contribution is 6.68. The van der Waals surface area contributed by atoms with Crippen LogP contribution in [0.15, 0.2) is 5.10 Å². The molecule has 3 nitrogen and oxygen atoms in total. The van der Waals surface area contributed by atoms with Crippen molar-refractivity contribution in [3.05, 3.63) is 0 Å². The van der Waals surface area contributed by atoms with Crippen LogP contribution in [-0.2, 0) is 0 Å². The molecule has 0 fully saturated rings. The van der Waals surface area contributed by atoms with Crippen molar-refractivity contribution < 1.29 is 0 Å². The maximum Gasteiger partial charge on any atom is 0.231 e.